The van der Waals surface area contributed by atoms with E-state index in [4.69, 9.17) is 0 Å². The second-order valence-corrected chi connectivity index (χ2v) is 14.7. The summed E-state index contributed by atoms with van der Waals surface area (Å²) in [6.07, 6.45) is 7.82. The number of benzene rings is 1. The number of carbonyl (C=O) groups is 3. The van der Waals surface area contributed by atoms with Crippen LogP contribution in [0.4, 0.5) is 0 Å². The third-order valence-electron chi connectivity index (χ3n) is 11.8. The van der Waals surface area contributed by atoms with Gasteiger partial charge in [-0.3, -0.25) is 14.4 Å². The van der Waals surface area contributed by atoms with E-state index in [1.165, 1.54) is 0 Å². The minimum absolute atomic E-state index is 0.108. The Morgan fingerprint density at radius 1 is 0.974 bits per heavy atom. The molecule has 4 aliphatic rings. The Morgan fingerprint density at radius 2 is 1.74 bits per heavy atom. The largest absolute Gasteiger partial charge is 0.344 e. The molecule has 0 aliphatic heterocycles. The van der Waals surface area contributed by atoms with E-state index in [-0.39, 0.29) is 40.5 Å². The van der Waals surface area contributed by atoms with Crippen LogP contribution in [0.25, 0.3) is 0 Å². The van der Waals surface area contributed by atoms with E-state index in [0.29, 0.717) is 55.0 Å². The van der Waals surface area contributed by atoms with Gasteiger partial charge in [0.25, 0.3) is 0 Å². The molecule has 4 saturated carbocycles. The van der Waals surface area contributed by atoms with Crippen molar-refractivity contribution in [3.63, 3.8) is 0 Å². The van der Waals surface area contributed by atoms with Gasteiger partial charge in [-0.05, 0) is 89.5 Å². The first-order chi connectivity index (χ1) is 18.7. The summed E-state index contributed by atoms with van der Waals surface area (Å²) in [5.41, 5.74) is 1.35. The molecule has 0 spiro atoms. The molecule has 2 aromatic rings. The molecule has 1 aromatic carbocycles. The lowest BCUT2D eigenvalue weighted by Crippen LogP contribution is -2.57. The summed E-state index contributed by atoms with van der Waals surface area (Å²) in [7, 11) is 0. The first kappa shape index (κ1) is 26.9. The van der Waals surface area contributed by atoms with Gasteiger partial charge in [-0.15, -0.1) is 11.3 Å². The van der Waals surface area contributed by atoms with Crippen molar-refractivity contribution in [3.8, 4) is 0 Å². The van der Waals surface area contributed by atoms with Crippen molar-refractivity contribution in [1.29, 1.82) is 0 Å². The van der Waals surface area contributed by atoms with Crippen molar-refractivity contribution < 1.29 is 14.4 Å². The molecule has 1 unspecified atom stereocenters. The van der Waals surface area contributed by atoms with Crippen molar-refractivity contribution in [2.24, 2.45) is 46.3 Å². The minimum Gasteiger partial charge on any atom is -0.344 e. The maximum absolute atomic E-state index is 13.7. The van der Waals surface area contributed by atoms with Crippen molar-refractivity contribution in [1.82, 2.24) is 5.32 Å². The standard InChI is InChI=1S/C34H43NO3S/c1-21(18-30(38)35-32(29-10-7-17-39-29)22-8-5-4-6-9-22)25-11-12-26-31-27(14-16-34(25,26)3)33(2)15-13-24(36)19-23(33)20-28(31)37/h4-10,17,21,23,25-27,31-32H,11-16,18-20H2,1-3H3,(H,35,38)/t21-,23+,25-,26+,27+,31+,32?,33+,34-/m1/s1. The van der Waals surface area contributed by atoms with Gasteiger partial charge >= 0.3 is 0 Å². The van der Waals surface area contributed by atoms with Gasteiger partial charge in [0.1, 0.15) is 11.6 Å². The predicted molar refractivity (Wildman–Crippen MR) is 155 cm³/mol. The third kappa shape index (κ3) is 4.63. The number of carbonyl (C=O) groups excluding carboxylic acids is 3. The molecular weight excluding hydrogens is 502 g/mol. The quantitative estimate of drug-likeness (QED) is 0.412. The average Bonchev–Trinajstić information content (AvgIpc) is 3.57. The highest BCUT2D eigenvalue weighted by Crippen LogP contribution is 2.67. The number of amides is 1. The van der Waals surface area contributed by atoms with Crippen LogP contribution in [0.1, 0.15) is 95.0 Å². The molecule has 5 heteroatoms. The zero-order valence-electron chi connectivity index (χ0n) is 23.7. The summed E-state index contributed by atoms with van der Waals surface area (Å²) in [5.74, 6) is 2.85. The molecule has 6 rings (SSSR count). The van der Waals surface area contributed by atoms with E-state index in [1.54, 1.807) is 11.3 Å². The van der Waals surface area contributed by atoms with Crippen molar-refractivity contribution >= 4 is 28.8 Å². The van der Waals surface area contributed by atoms with Crippen LogP contribution in [0.3, 0.4) is 0 Å². The van der Waals surface area contributed by atoms with Crippen LogP contribution in [-0.4, -0.2) is 17.5 Å². The van der Waals surface area contributed by atoms with Crippen LogP contribution >= 0.6 is 11.3 Å². The Hall–Kier alpha value is -2.27. The zero-order valence-corrected chi connectivity index (χ0v) is 24.5. The number of nitrogens with one attached hydrogen (secondary N) is 1. The zero-order chi connectivity index (χ0) is 27.4. The highest BCUT2D eigenvalue weighted by molar-refractivity contribution is 7.10. The lowest BCUT2D eigenvalue weighted by molar-refractivity contribution is -0.159. The second-order valence-electron chi connectivity index (χ2n) is 13.7. The van der Waals surface area contributed by atoms with Gasteiger partial charge in [0.2, 0.25) is 5.91 Å². The van der Waals surface area contributed by atoms with E-state index in [1.807, 2.05) is 24.3 Å². The van der Waals surface area contributed by atoms with E-state index >= 15 is 0 Å². The van der Waals surface area contributed by atoms with Crippen molar-refractivity contribution in [2.45, 2.75) is 84.6 Å². The summed E-state index contributed by atoms with van der Waals surface area (Å²) in [4.78, 5) is 40.5. The van der Waals surface area contributed by atoms with Gasteiger partial charge < -0.3 is 5.32 Å². The van der Waals surface area contributed by atoms with Gasteiger partial charge in [-0.2, -0.15) is 0 Å². The normalized spacial score (nSPS) is 37.4. The van der Waals surface area contributed by atoms with Crippen LogP contribution in [0, 0.1) is 46.3 Å². The van der Waals surface area contributed by atoms with Crippen LogP contribution in [0.5, 0.6) is 0 Å². The molecule has 0 bridgehead atoms. The lowest BCUT2D eigenvalue weighted by atomic mass is 9.44. The molecule has 208 valence electrons. The summed E-state index contributed by atoms with van der Waals surface area (Å²) >= 11 is 1.68. The van der Waals surface area contributed by atoms with Crippen LogP contribution in [0.15, 0.2) is 47.8 Å². The molecule has 1 heterocycles. The molecule has 1 N–H and O–H groups in total. The Balaban J connectivity index is 1.16. The molecule has 39 heavy (non-hydrogen) atoms. The Morgan fingerprint density at radius 3 is 2.49 bits per heavy atom. The molecule has 0 saturated heterocycles. The maximum Gasteiger partial charge on any atom is 0.221 e. The highest BCUT2D eigenvalue weighted by atomic mass is 32.1. The second kappa shape index (κ2) is 10.3. The Bertz CT molecular complexity index is 1220. The van der Waals surface area contributed by atoms with Crippen LogP contribution in [0.2, 0.25) is 0 Å². The fourth-order valence-electron chi connectivity index (χ4n) is 9.77. The summed E-state index contributed by atoms with van der Waals surface area (Å²) in [5, 5.41) is 5.42. The predicted octanol–water partition coefficient (Wildman–Crippen LogP) is 7.39. The van der Waals surface area contributed by atoms with E-state index in [2.05, 4.69) is 49.7 Å². The molecule has 4 fully saturated rings. The number of ketones is 2. The van der Waals surface area contributed by atoms with Crippen LogP contribution in [-0.2, 0) is 14.4 Å². The number of rotatable bonds is 6. The maximum atomic E-state index is 13.7. The van der Waals surface area contributed by atoms with Gasteiger partial charge in [0.05, 0.1) is 6.04 Å². The summed E-state index contributed by atoms with van der Waals surface area (Å²) in [6, 6.07) is 14.3. The number of fused-ring (bicyclic) bond motifs is 5. The van der Waals surface area contributed by atoms with Crippen molar-refractivity contribution in [3.05, 3.63) is 58.3 Å². The number of Topliss-reactive ketones (excluding diaryl/α,β-unsaturated/α-hetero) is 2. The highest BCUT2D eigenvalue weighted by Gasteiger charge is 2.63. The van der Waals surface area contributed by atoms with Gasteiger partial charge in [-0.1, -0.05) is 57.2 Å². The van der Waals surface area contributed by atoms with Gasteiger partial charge in [0, 0.05) is 36.5 Å². The number of thiophene rings is 1. The topological polar surface area (TPSA) is 63.2 Å². The molecular formula is C34H43NO3S. The fraction of sp³-hybridized carbons (Fsp3) is 0.618. The Labute approximate surface area is 237 Å². The van der Waals surface area contributed by atoms with E-state index < -0.39 is 0 Å². The van der Waals surface area contributed by atoms with Gasteiger partial charge in [-0.25, -0.2) is 0 Å². The third-order valence-corrected chi connectivity index (χ3v) is 12.8. The monoisotopic (exact) mass is 545 g/mol. The first-order valence-corrected chi connectivity index (χ1v) is 16.0. The van der Waals surface area contributed by atoms with E-state index in [9.17, 15) is 14.4 Å². The molecule has 4 nitrogen and oxygen atoms in total. The molecule has 0 radical (unpaired) electrons. The minimum atomic E-state index is -0.121. The molecule has 4 aliphatic carbocycles. The average molecular weight is 546 g/mol. The lowest BCUT2D eigenvalue weighted by Gasteiger charge is -2.59. The summed E-state index contributed by atoms with van der Waals surface area (Å²) in [6.45, 7) is 7.09. The smallest absolute Gasteiger partial charge is 0.221 e. The SMILES string of the molecule is C[C@H](CC(=O)NC(c1ccccc1)c1cccs1)[C@H]1CC[C@H]2[C@@H]3C(=O)C[C@@H]4CC(=O)CC[C@]4(C)[C@H]3CC[C@]12C. The first-order valence-electron chi connectivity index (χ1n) is 15.1. The van der Waals surface area contributed by atoms with Gasteiger partial charge in [0.15, 0.2) is 0 Å². The van der Waals surface area contributed by atoms with Crippen molar-refractivity contribution in [2.75, 3.05) is 0 Å². The molecule has 9 atom stereocenters. The van der Waals surface area contributed by atoms with E-state index in [0.717, 1.165) is 42.5 Å². The number of hydrogen-bond acceptors (Lipinski definition) is 4. The number of hydrogen-bond donors (Lipinski definition) is 1. The Kier molecular flexibility index (Phi) is 7.10. The fourth-order valence-corrected chi connectivity index (χ4v) is 10.6. The molecule has 1 amide bonds. The van der Waals surface area contributed by atoms with Crippen LogP contribution < -0.4 is 5.32 Å². The molecule has 1 aromatic heterocycles. The summed E-state index contributed by atoms with van der Waals surface area (Å²) < 4.78 is 0.